The number of nitrogens with one attached hydrogen (secondary N) is 1. The Morgan fingerprint density at radius 2 is 2.12 bits per heavy atom. The van der Waals surface area contributed by atoms with Gasteiger partial charge in [0.25, 0.3) is 0 Å². The molecular weight excluding hydrogens is 104 g/mol. The normalized spacial score (nSPS) is 10.5. The summed E-state index contributed by atoms with van der Waals surface area (Å²) < 4.78 is 0. The highest BCUT2D eigenvalue weighted by Gasteiger charge is 1.84. The van der Waals surface area contributed by atoms with Gasteiger partial charge in [-0.3, -0.25) is 10.4 Å². The number of rotatable bonds is 4. The topological polar surface area (TPSA) is 35.5 Å². The Morgan fingerprint density at radius 3 is 2.50 bits per heavy atom. The van der Waals surface area contributed by atoms with Crippen molar-refractivity contribution in [2.24, 2.45) is 0 Å². The van der Waals surface area contributed by atoms with E-state index in [1.54, 1.807) is 0 Å². The van der Waals surface area contributed by atoms with Gasteiger partial charge in [-0.1, -0.05) is 0 Å². The van der Waals surface area contributed by atoms with Crippen molar-refractivity contribution in [3.05, 3.63) is 0 Å². The minimum absolute atomic E-state index is 0.265. The first-order valence-electron chi connectivity index (χ1n) is 2.79. The molecule has 0 aromatic rings. The van der Waals surface area contributed by atoms with Gasteiger partial charge in [0.05, 0.1) is 0 Å². The summed E-state index contributed by atoms with van der Waals surface area (Å²) in [6.07, 6.45) is 0.818. The molecule has 0 spiro atoms. The minimum atomic E-state index is 0.265. The fourth-order valence-corrected chi connectivity index (χ4v) is 0.382. The van der Waals surface area contributed by atoms with Crippen molar-refractivity contribution >= 4 is 0 Å². The molecule has 2 N–H and O–H groups in total. The molecular formula is C5H14N2O. The zero-order valence-electron chi connectivity index (χ0n) is 5.52. The lowest BCUT2D eigenvalue weighted by molar-refractivity contribution is 0.246. The molecule has 50 valence electrons. The monoisotopic (exact) mass is 118 g/mol. The van der Waals surface area contributed by atoms with Crippen LogP contribution in [0.4, 0.5) is 0 Å². The van der Waals surface area contributed by atoms with Crippen LogP contribution in [0.2, 0.25) is 0 Å². The summed E-state index contributed by atoms with van der Waals surface area (Å²) in [6, 6.07) is 0. The maximum Gasteiger partial charge on any atom is 0.0443 e. The van der Waals surface area contributed by atoms with Gasteiger partial charge in [-0.2, -0.15) is 0 Å². The Balaban J connectivity index is 2.72. The Kier molecular flexibility index (Phi) is 4.95. The van der Waals surface area contributed by atoms with Crippen molar-refractivity contribution < 1.29 is 5.11 Å². The van der Waals surface area contributed by atoms with Gasteiger partial charge in [0, 0.05) is 27.2 Å². The second-order valence-corrected chi connectivity index (χ2v) is 1.88. The quantitative estimate of drug-likeness (QED) is 0.383. The Hall–Kier alpha value is -0.120. The van der Waals surface area contributed by atoms with E-state index in [2.05, 4.69) is 5.43 Å². The van der Waals surface area contributed by atoms with Crippen LogP contribution in [0.1, 0.15) is 6.42 Å². The van der Waals surface area contributed by atoms with Crippen LogP contribution >= 0.6 is 0 Å². The van der Waals surface area contributed by atoms with E-state index in [-0.39, 0.29) is 6.61 Å². The summed E-state index contributed by atoms with van der Waals surface area (Å²) in [5.41, 5.74) is 3.02. The van der Waals surface area contributed by atoms with Gasteiger partial charge in [-0.25, -0.2) is 0 Å². The average Bonchev–Trinajstić information content (AvgIpc) is 1.66. The molecule has 0 saturated carbocycles. The summed E-state index contributed by atoms with van der Waals surface area (Å²) in [4.78, 5) is 0. The van der Waals surface area contributed by atoms with Gasteiger partial charge < -0.3 is 5.11 Å². The van der Waals surface area contributed by atoms with E-state index < -0.39 is 0 Å². The molecule has 0 aliphatic heterocycles. The third-order valence-electron chi connectivity index (χ3n) is 0.763. The third kappa shape index (κ3) is 5.88. The number of aliphatic hydroxyl groups excluding tert-OH is 1. The van der Waals surface area contributed by atoms with Crippen LogP contribution in [-0.4, -0.2) is 37.4 Å². The van der Waals surface area contributed by atoms with E-state index in [1.807, 2.05) is 19.1 Å². The molecule has 0 aliphatic carbocycles. The molecule has 3 nitrogen and oxygen atoms in total. The van der Waals surface area contributed by atoms with Crippen molar-refractivity contribution in [1.29, 1.82) is 0 Å². The predicted octanol–water partition coefficient (Wildman–Crippen LogP) is -0.565. The summed E-state index contributed by atoms with van der Waals surface area (Å²) in [6.45, 7) is 1.12. The van der Waals surface area contributed by atoms with E-state index in [4.69, 9.17) is 5.11 Å². The van der Waals surface area contributed by atoms with Crippen LogP contribution in [0.3, 0.4) is 0 Å². The molecule has 0 amide bonds. The largest absolute Gasteiger partial charge is 0.396 e. The van der Waals surface area contributed by atoms with Crippen LogP contribution in [0.5, 0.6) is 0 Å². The van der Waals surface area contributed by atoms with Gasteiger partial charge in [-0.05, 0) is 6.42 Å². The van der Waals surface area contributed by atoms with Gasteiger partial charge in [0.15, 0.2) is 0 Å². The molecule has 0 aromatic carbocycles. The van der Waals surface area contributed by atoms with Crippen molar-refractivity contribution in [2.45, 2.75) is 6.42 Å². The Bertz CT molecular complexity index is 47.7. The fourth-order valence-electron chi connectivity index (χ4n) is 0.382. The average molecular weight is 118 g/mol. The van der Waals surface area contributed by atoms with E-state index in [0.29, 0.717) is 0 Å². The lowest BCUT2D eigenvalue weighted by atomic mass is 10.5. The van der Waals surface area contributed by atoms with Gasteiger partial charge in [0.1, 0.15) is 0 Å². The number of aliphatic hydroxyl groups is 1. The molecule has 0 aliphatic rings. The summed E-state index contributed by atoms with van der Waals surface area (Å²) in [7, 11) is 3.86. The van der Waals surface area contributed by atoms with Crippen molar-refractivity contribution in [1.82, 2.24) is 10.4 Å². The first-order valence-corrected chi connectivity index (χ1v) is 2.79. The summed E-state index contributed by atoms with van der Waals surface area (Å²) in [5.74, 6) is 0. The van der Waals surface area contributed by atoms with Crippen LogP contribution < -0.4 is 5.43 Å². The minimum Gasteiger partial charge on any atom is -0.396 e. The molecule has 0 aromatic heterocycles. The highest BCUT2D eigenvalue weighted by atomic mass is 16.3. The first kappa shape index (κ1) is 7.88. The van der Waals surface area contributed by atoms with E-state index in [9.17, 15) is 0 Å². The molecule has 0 atom stereocenters. The van der Waals surface area contributed by atoms with Gasteiger partial charge >= 0.3 is 0 Å². The molecule has 8 heavy (non-hydrogen) atoms. The van der Waals surface area contributed by atoms with Gasteiger partial charge in [0.2, 0.25) is 0 Å². The Morgan fingerprint density at radius 1 is 1.50 bits per heavy atom. The van der Waals surface area contributed by atoms with Crippen LogP contribution in [0.15, 0.2) is 0 Å². The summed E-state index contributed by atoms with van der Waals surface area (Å²) >= 11 is 0. The Labute approximate surface area is 50.3 Å². The van der Waals surface area contributed by atoms with Crippen LogP contribution in [0, 0.1) is 0 Å². The molecule has 0 saturated heterocycles. The third-order valence-corrected chi connectivity index (χ3v) is 0.763. The smallest absolute Gasteiger partial charge is 0.0443 e. The lowest BCUT2D eigenvalue weighted by Gasteiger charge is -2.09. The molecule has 0 heterocycles. The fraction of sp³-hybridized carbons (Fsp3) is 1.00. The molecule has 0 radical (unpaired) electrons. The van der Waals surface area contributed by atoms with Crippen molar-refractivity contribution in [3.63, 3.8) is 0 Å². The summed E-state index contributed by atoms with van der Waals surface area (Å²) in [5, 5.41) is 10.2. The van der Waals surface area contributed by atoms with Gasteiger partial charge in [-0.15, -0.1) is 0 Å². The maximum absolute atomic E-state index is 8.32. The maximum atomic E-state index is 8.32. The predicted molar refractivity (Wildman–Crippen MR) is 33.4 cm³/mol. The zero-order valence-corrected chi connectivity index (χ0v) is 5.52. The molecule has 0 unspecified atom stereocenters. The highest BCUT2D eigenvalue weighted by molar-refractivity contribution is 4.37. The van der Waals surface area contributed by atoms with Crippen LogP contribution in [-0.2, 0) is 0 Å². The second-order valence-electron chi connectivity index (χ2n) is 1.88. The molecule has 0 fully saturated rings. The van der Waals surface area contributed by atoms with Crippen LogP contribution in [0.25, 0.3) is 0 Å². The highest BCUT2D eigenvalue weighted by Crippen LogP contribution is 1.71. The molecule has 3 heteroatoms. The lowest BCUT2D eigenvalue weighted by Crippen LogP contribution is -2.31. The van der Waals surface area contributed by atoms with E-state index in [1.165, 1.54) is 0 Å². The molecule has 0 bridgehead atoms. The standard InChI is InChI=1S/C5H14N2O/c1-7(2)6-4-3-5-8/h6,8H,3-5H2,1-2H3. The number of nitrogens with zero attached hydrogens (tertiary/aromatic N) is 1. The second kappa shape index (κ2) is 5.03. The number of hydrazine groups is 1. The van der Waals surface area contributed by atoms with E-state index in [0.717, 1.165) is 13.0 Å². The van der Waals surface area contributed by atoms with Crippen molar-refractivity contribution in [2.75, 3.05) is 27.2 Å². The molecule has 0 rings (SSSR count). The van der Waals surface area contributed by atoms with E-state index >= 15 is 0 Å². The SMILES string of the molecule is CN(C)NCCCO. The zero-order chi connectivity index (χ0) is 6.41. The van der Waals surface area contributed by atoms with Crippen molar-refractivity contribution in [3.8, 4) is 0 Å². The first-order chi connectivity index (χ1) is 3.77. The number of hydrogen-bond donors (Lipinski definition) is 2. The number of hydrogen-bond acceptors (Lipinski definition) is 3.